The topological polar surface area (TPSA) is 87.6 Å². The molecule has 1 aromatic carbocycles. The molecule has 104 valence electrons. The summed E-state index contributed by atoms with van der Waals surface area (Å²) < 4.78 is 0. The molecule has 5 nitrogen and oxygen atoms in total. The predicted octanol–water partition coefficient (Wildman–Crippen LogP) is 3.51. The number of rotatable bonds is 2. The summed E-state index contributed by atoms with van der Waals surface area (Å²) in [6, 6.07) is 9.67. The molecule has 2 heterocycles. The second-order valence-electron chi connectivity index (χ2n) is 4.77. The number of aryl methyl sites for hydroxylation is 2. The fourth-order valence-electron chi connectivity index (χ4n) is 2.11. The normalized spacial score (nSPS) is 10.5. The van der Waals surface area contributed by atoms with Crippen molar-refractivity contribution < 1.29 is 0 Å². The SMILES string of the molecule is Cc1cc2c(Nc3cc(C#N)ccc3C)nc(N)nc2s1. The third-order valence-corrected chi connectivity index (χ3v) is 4.10. The molecule has 0 saturated heterocycles. The highest BCUT2D eigenvalue weighted by Crippen LogP contribution is 2.31. The Morgan fingerprint density at radius 3 is 2.81 bits per heavy atom. The van der Waals surface area contributed by atoms with E-state index in [0.717, 1.165) is 26.3 Å². The van der Waals surface area contributed by atoms with Crippen molar-refractivity contribution in [1.82, 2.24) is 9.97 Å². The van der Waals surface area contributed by atoms with Crippen LogP contribution in [0.1, 0.15) is 16.0 Å². The number of benzene rings is 1. The van der Waals surface area contributed by atoms with Crippen LogP contribution in [0, 0.1) is 25.2 Å². The maximum atomic E-state index is 9.02. The van der Waals surface area contributed by atoms with E-state index in [4.69, 9.17) is 11.0 Å². The number of hydrogen-bond acceptors (Lipinski definition) is 6. The third-order valence-electron chi connectivity index (χ3n) is 3.15. The Balaban J connectivity index is 2.12. The van der Waals surface area contributed by atoms with Crippen molar-refractivity contribution in [1.29, 1.82) is 5.26 Å². The van der Waals surface area contributed by atoms with Crippen LogP contribution in [-0.2, 0) is 0 Å². The van der Waals surface area contributed by atoms with Crippen molar-refractivity contribution in [3.8, 4) is 6.07 Å². The number of nitrogens with zero attached hydrogens (tertiary/aromatic N) is 3. The number of nitrogens with two attached hydrogens (primary N) is 1. The number of aromatic nitrogens is 2. The monoisotopic (exact) mass is 295 g/mol. The molecule has 2 aromatic heterocycles. The molecule has 0 fully saturated rings. The molecule has 3 rings (SSSR count). The van der Waals surface area contributed by atoms with Gasteiger partial charge in [-0.15, -0.1) is 11.3 Å². The zero-order valence-corrected chi connectivity index (χ0v) is 12.5. The Kier molecular flexibility index (Phi) is 3.20. The second-order valence-corrected chi connectivity index (χ2v) is 6.01. The molecule has 3 N–H and O–H groups in total. The van der Waals surface area contributed by atoms with Gasteiger partial charge in [0.05, 0.1) is 17.0 Å². The highest BCUT2D eigenvalue weighted by molar-refractivity contribution is 7.18. The van der Waals surface area contributed by atoms with E-state index in [-0.39, 0.29) is 5.95 Å². The predicted molar refractivity (Wildman–Crippen MR) is 85.7 cm³/mol. The summed E-state index contributed by atoms with van der Waals surface area (Å²) in [4.78, 5) is 10.5. The summed E-state index contributed by atoms with van der Waals surface area (Å²) in [5.41, 5.74) is 8.25. The Labute approximate surface area is 126 Å². The van der Waals surface area contributed by atoms with E-state index < -0.39 is 0 Å². The molecule has 0 amide bonds. The van der Waals surface area contributed by atoms with Crippen LogP contribution >= 0.6 is 11.3 Å². The van der Waals surface area contributed by atoms with Gasteiger partial charge >= 0.3 is 0 Å². The van der Waals surface area contributed by atoms with Gasteiger partial charge in [-0.05, 0) is 37.6 Å². The highest BCUT2D eigenvalue weighted by atomic mass is 32.1. The number of nitrogens with one attached hydrogen (secondary N) is 1. The minimum absolute atomic E-state index is 0.237. The van der Waals surface area contributed by atoms with E-state index >= 15 is 0 Å². The van der Waals surface area contributed by atoms with Gasteiger partial charge in [0.15, 0.2) is 0 Å². The van der Waals surface area contributed by atoms with E-state index in [0.29, 0.717) is 11.4 Å². The molecule has 21 heavy (non-hydrogen) atoms. The number of anilines is 3. The average molecular weight is 295 g/mol. The summed E-state index contributed by atoms with van der Waals surface area (Å²) in [7, 11) is 0. The van der Waals surface area contributed by atoms with Crippen molar-refractivity contribution in [2.75, 3.05) is 11.1 Å². The smallest absolute Gasteiger partial charge is 0.223 e. The molecule has 0 radical (unpaired) electrons. The van der Waals surface area contributed by atoms with Gasteiger partial charge in [0.25, 0.3) is 0 Å². The Bertz CT molecular complexity index is 876. The summed E-state index contributed by atoms with van der Waals surface area (Å²) in [5, 5.41) is 13.2. The van der Waals surface area contributed by atoms with Gasteiger partial charge in [0.1, 0.15) is 10.6 Å². The van der Waals surface area contributed by atoms with Crippen LogP contribution in [0.5, 0.6) is 0 Å². The molecule has 0 aliphatic heterocycles. The number of fused-ring (bicyclic) bond motifs is 1. The molecule has 0 bridgehead atoms. The van der Waals surface area contributed by atoms with Gasteiger partial charge in [0, 0.05) is 10.6 Å². The van der Waals surface area contributed by atoms with Gasteiger partial charge in [0.2, 0.25) is 5.95 Å². The van der Waals surface area contributed by atoms with Gasteiger partial charge in [-0.1, -0.05) is 6.07 Å². The first-order valence-electron chi connectivity index (χ1n) is 6.38. The average Bonchev–Trinajstić information content (AvgIpc) is 2.81. The van der Waals surface area contributed by atoms with Crippen LogP contribution in [0.15, 0.2) is 24.3 Å². The van der Waals surface area contributed by atoms with Crippen molar-refractivity contribution >= 4 is 39.0 Å². The molecular formula is C15H13N5S. The van der Waals surface area contributed by atoms with Crippen LogP contribution < -0.4 is 11.1 Å². The van der Waals surface area contributed by atoms with E-state index in [2.05, 4.69) is 21.4 Å². The van der Waals surface area contributed by atoms with Crippen molar-refractivity contribution in [2.24, 2.45) is 0 Å². The summed E-state index contributed by atoms with van der Waals surface area (Å²) in [6.07, 6.45) is 0. The lowest BCUT2D eigenvalue weighted by Crippen LogP contribution is -2.01. The summed E-state index contributed by atoms with van der Waals surface area (Å²) >= 11 is 1.58. The van der Waals surface area contributed by atoms with Crippen molar-refractivity contribution in [2.45, 2.75) is 13.8 Å². The van der Waals surface area contributed by atoms with Crippen LogP contribution in [0.2, 0.25) is 0 Å². The van der Waals surface area contributed by atoms with E-state index in [1.807, 2.05) is 26.0 Å². The first-order valence-corrected chi connectivity index (χ1v) is 7.20. The molecule has 0 atom stereocenters. The maximum absolute atomic E-state index is 9.02. The van der Waals surface area contributed by atoms with Crippen LogP contribution in [0.25, 0.3) is 10.2 Å². The Morgan fingerprint density at radius 2 is 2.05 bits per heavy atom. The molecule has 0 aliphatic rings. The molecule has 0 spiro atoms. The maximum Gasteiger partial charge on any atom is 0.223 e. The number of nitrogen functional groups attached to an aromatic ring is 1. The van der Waals surface area contributed by atoms with E-state index in [1.165, 1.54) is 0 Å². The minimum Gasteiger partial charge on any atom is -0.368 e. The first kappa shape index (κ1) is 13.3. The van der Waals surface area contributed by atoms with Crippen LogP contribution in [0.3, 0.4) is 0 Å². The molecular weight excluding hydrogens is 282 g/mol. The Morgan fingerprint density at radius 1 is 1.24 bits per heavy atom. The largest absolute Gasteiger partial charge is 0.368 e. The van der Waals surface area contributed by atoms with E-state index in [9.17, 15) is 0 Å². The van der Waals surface area contributed by atoms with Gasteiger partial charge < -0.3 is 11.1 Å². The molecule has 0 aliphatic carbocycles. The van der Waals surface area contributed by atoms with Gasteiger partial charge in [-0.25, -0.2) is 4.98 Å². The zero-order chi connectivity index (χ0) is 15.0. The summed E-state index contributed by atoms with van der Waals surface area (Å²) in [6.45, 7) is 4.00. The molecule has 3 aromatic rings. The van der Waals surface area contributed by atoms with Gasteiger partial charge in [-0.2, -0.15) is 10.2 Å². The highest BCUT2D eigenvalue weighted by Gasteiger charge is 2.11. The Hall–Kier alpha value is -2.65. The zero-order valence-electron chi connectivity index (χ0n) is 11.6. The van der Waals surface area contributed by atoms with E-state index in [1.54, 1.807) is 23.5 Å². The summed E-state index contributed by atoms with van der Waals surface area (Å²) in [5.74, 6) is 0.904. The standard InChI is InChI=1S/C15H13N5S/c1-8-3-4-10(7-16)6-12(8)18-13-11-5-9(2)21-14(11)20-15(17)19-13/h3-6H,1-2H3,(H3,17,18,19,20). The lowest BCUT2D eigenvalue weighted by molar-refractivity contribution is 1.24. The fraction of sp³-hybridized carbons (Fsp3) is 0.133. The number of nitriles is 1. The molecule has 0 saturated carbocycles. The van der Waals surface area contributed by atoms with Crippen molar-refractivity contribution in [3.63, 3.8) is 0 Å². The lowest BCUT2D eigenvalue weighted by Gasteiger charge is -2.10. The van der Waals surface area contributed by atoms with Crippen LogP contribution in [0.4, 0.5) is 17.5 Å². The van der Waals surface area contributed by atoms with Crippen molar-refractivity contribution in [3.05, 3.63) is 40.3 Å². The quantitative estimate of drug-likeness (QED) is 0.755. The third kappa shape index (κ3) is 2.51. The number of hydrogen-bond donors (Lipinski definition) is 2. The minimum atomic E-state index is 0.237. The molecule has 6 heteroatoms. The van der Waals surface area contributed by atoms with Crippen LogP contribution in [-0.4, -0.2) is 9.97 Å². The fourth-order valence-corrected chi connectivity index (χ4v) is 2.99. The van der Waals surface area contributed by atoms with Gasteiger partial charge in [-0.3, -0.25) is 0 Å². The number of thiophene rings is 1. The first-order chi connectivity index (χ1) is 10.1. The second kappa shape index (κ2) is 5.04. The lowest BCUT2D eigenvalue weighted by atomic mass is 10.1. The molecule has 0 unspecified atom stereocenters.